The molecule has 18 heavy (non-hydrogen) atoms. The van der Waals surface area contributed by atoms with E-state index >= 15 is 0 Å². The third-order valence-electron chi connectivity index (χ3n) is 2.82. The van der Waals surface area contributed by atoms with Crippen molar-refractivity contribution in [2.75, 3.05) is 38.7 Å². The first kappa shape index (κ1) is 12.8. The fourth-order valence-electron chi connectivity index (χ4n) is 1.89. The zero-order chi connectivity index (χ0) is 13.1. The van der Waals surface area contributed by atoms with E-state index in [2.05, 4.69) is 4.98 Å². The van der Waals surface area contributed by atoms with Gasteiger partial charge in [0.05, 0.1) is 13.2 Å². The van der Waals surface area contributed by atoms with Gasteiger partial charge in [-0.15, -0.1) is 0 Å². The maximum atomic E-state index is 13.6. The molecule has 1 aromatic rings. The van der Waals surface area contributed by atoms with Gasteiger partial charge in [0.25, 0.3) is 5.91 Å². The Morgan fingerprint density at radius 3 is 3.06 bits per heavy atom. The molecule has 1 fully saturated rings. The molecule has 1 aromatic heterocycles. The molecule has 1 aliphatic heterocycles. The Morgan fingerprint density at radius 2 is 2.39 bits per heavy atom. The van der Waals surface area contributed by atoms with Crippen LogP contribution in [-0.4, -0.2) is 55.7 Å². The van der Waals surface area contributed by atoms with Gasteiger partial charge in [0.1, 0.15) is 0 Å². The van der Waals surface area contributed by atoms with Crippen LogP contribution in [0, 0.1) is 5.82 Å². The molecule has 1 atom stereocenters. The number of nitrogens with zero attached hydrogens (tertiary/aromatic N) is 3. The molecular weight excluding hydrogens is 237 g/mol. The first-order valence-electron chi connectivity index (χ1n) is 5.78. The lowest BCUT2D eigenvalue weighted by Gasteiger charge is -2.34. The van der Waals surface area contributed by atoms with Gasteiger partial charge in [0.2, 0.25) is 0 Å². The monoisotopic (exact) mass is 253 g/mol. The molecule has 1 amide bonds. The Balaban J connectivity index is 2.12. The molecule has 98 valence electrons. The first-order chi connectivity index (χ1) is 8.59. The standard InChI is InChI=1S/C12H16FN3O2/c1-15(2)12(17)10-8-16(6-7-18-10)11-9(13)4-3-5-14-11/h3-5,10H,6-8H2,1-2H3. The molecule has 0 spiro atoms. The van der Waals surface area contributed by atoms with E-state index in [1.807, 2.05) is 0 Å². The number of rotatable bonds is 2. The molecule has 5 nitrogen and oxygen atoms in total. The van der Waals surface area contributed by atoms with Crippen LogP contribution in [0.2, 0.25) is 0 Å². The summed E-state index contributed by atoms with van der Waals surface area (Å²) < 4.78 is 19.0. The molecular formula is C12H16FN3O2. The first-order valence-corrected chi connectivity index (χ1v) is 5.78. The van der Waals surface area contributed by atoms with Gasteiger partial charge in [-0.2, -0.15) is 0 Å². The summed E-state index contributed by atoms with van der Waals surface area (Å²) in [5, 5.41) is 0. The van der Waals surface area contributed by atoms with Crippen LogP contribution in [0.5, 0.6) is 0 Å². The Morgan fingerprint density at radius 1 is 1.61 bits per heavy atom. The Bertz CT molecular complexity index is 439. The van der Waals surface area contributed by atoms with Gasteiger partial charge in [0.15, 0.2) is 17.7 Å². The smallest absolute Gasteiger partial charge is 0.253 e. The number of anilines is 1. The van der Waals surface area contributed by atoms with Crippen LogP contribution >= 0.6 is 0 Å². The van der Waals surface area contributed by atoms with Crippen LogP contribution in [-0.2, 0) is 9.53 Å². The molecule has 0 aromatic carbocycles. The number of hydrogen-bond donors (Lipinski definition) is 0. The van der Waals surface area contributed by atoms with Gasteiger partial charge in [-0.25, -0.2) is 9.37 Å². The molecule has 0 radical (unpaired) electrons. The lowest BCUT2D eigenvalue weighted by Crippen LogP contribution is -2.50. The van der Waals surface area contributed by atoms with Gasteiger partial charge in [0, 0.05) is 26.8 Å². The summed E-state index contributed by atoms with van der Waals surface area (Å²) in [6, 6.07) is 2.91. The fraction of sp³-hybridized carbons (Fsp3) is 0.500. The second-order valence-corrected chi connectivity index (χ2v) is 4.35. The topological polar surface area (TPSA) is 45.7 Å². The number of aromatic nitrogens is 1. The zero-order valence-electron chi connectivity index (χ0n) is 10.5. The second kappa shape index (κ2) is 5.30. The van der Waals surface area contributed by atoms with Crippen LogP contribution in [0.4, 0.5) is 10.2 Å². The third-order valence-corrected chi connectivity index (χ3v) is 2.82. The van der Waals surface area contributed by atoms with Crippen molar-refractivity contribution in [2.45, 2.75) is 6.10 Å². The van der Waals surface area contributed by atoms with Crippen molar-refractivity contribution < 1.29 is 13.9 Å². The SMILES string of the molecule is CN(C)C(=O)C1CN(c2ncccc2F)CCO1. The van der Waals surface area contributed by atoms with E-state index in [0.29, 0.717) is 19.7 Å². The predicted molar refractivity (Wildman–Crippen MR) is 64.8 cm³/mol. The van der Waals surface area contributed by atoms with E-state index in [4.69, 9.17) is 4.74 Å². The molecule has 6 heteroatoms. The number of halogens is 1. The highest BCUT2D eigenvalue weighted by Gasteiger charge is 2.29. The largest absolute Gasteiger partial charge is 0.365 e. The quantitative estimate of drug-likeness (QED) is 0.770. The number of morpholine rings is 1. The Kier molecular flexibility index (Phi) is 3.76. The number of ether oxygens (including phenoxy) is 1. The van der Waals surface area contributed by atoms with E-state index in [9.17, 15) is 9.18 Å². The van der Waals surface area contributed by atoms with E-state index in [-0.39, 0.29) is 17.5 Å². The van der Waals surface area contributed by atoms with Crippen molar-refractivity contribution in [1.82, 2.24) is 9.88 Å². The summed E-state index contributed by atoms with van der Waals surface area (Å²) in [5.74, 6) is -0.219. The number of carbonyl (C=O) groups excluding carboxylic acids is 1. The molecule has 0 bridgehead atoms. The van der Waals surface area contributed by atoms with Crippen LogP contribution in [0.1, 0.15) is 0 Å². The van der Waals surface area contributed by atoms with E-state index in [1.165, 1.54) is 17.2 Å². The molecule has 2 heterocycles. The molecule has 0 aliphatic carbocycles. The van der Waals surface area contributed by atoms with E-state index < -0.39 is 6.10 Å². The summed E-state index contributed by atoms with van der Waals surface area (Å²) in [6.07, 6.45) is 0.978. The van der Waals surface area contributed by atoms with Gasteiger partial charge in [-0.3, -0.25) is 4.79 Å². The van der Waals surface area contributed by atoms with Gasteiger partial charge in [-0.05, 0) is 12.1 Å². The minimum absolute atomic E-state index is 0.115. The van der Waals surface area contributed by atoms with Crippen LogP contribution in [0.15, 0.2) is 18.3 Å². The van der Waals surface area contributed by atoms with Crippen molar-refractivity contribution in [3.8, 4) is 0 Å². The molecule has 1 unspecified atom stereocenters. The molecule has 1 aliphatic rings. The average molecular weight is 253 g/mol. The van der Waals surface area contributed by atoms with Gasteiger partial charge >= 0.3 is 0 Å². The molecule has 0 saturated carbocycles. The summed E-state index contributed by atoms with van der Waals surface area (Å²) in [6.45, 7) is 1.25. The summed E-state index contributed by atoms with van der Waals surface area (Å²) in [4.78, 5) is 19.0. The lowest BCUT2D eigenvalue weighted by molar-refractivity contribution is -0.141. The van der Waals surface area contributed by atoms with Crippen LogP contribution in [0.3, 0.4) is 0 Å². The zero-order valence-corrected chi connectivity index (χ0v) is 10.5. The van der Waals surface area contributed by atoms with Crippen molar-refractivity contribution in [2.24, 2.45) is 0 Å². The summed E-state index contributed by atoms with van der Waals surface area (Å²) in [5.41, 5.74) is 0. The highest BCUT2D eigenvalue weighted by atomic mass is 19.1. The highest BCUT2D eigenvalue weighted by molar-refractivity contribution is 5.81. The minimum Gasteiger partial charge on any atom is -0.365 e. The average Bonchev–Trinajstić information content (AvgIpc) is 2.38. The molecule has 2 rings (SSSR count). The third kappa shape index (κ3) is 2.59. The van der Waals surface area contributed by atoms with E-state index in [0.717, 1.165) is 0 Å². The highest BCUT2D eigenvalue weighted by Crippen LogP contribution is 2.18. The van der Waals surface area contributed by atoms with Crippen LogP contribution in [0.25, 0.3) is 0 Å². The van der Waals surface area contributed by atoms with Gasteiger partial charge < -0.3 is 14.5 Å². The lowest BCUT2D eigenvalue weighted by atomic mass is 10.2. The molecule has 0 N–H and O–H groups in total. The number of amides is 1. The normalized spacial score (nSPS) is 19.7. The van der Waals surface area contributed by atoms with Gasteiger partial charge in [-0.1, -0.05) is 0 Å². The van der Waals surface area contributed by atoms with Crippen molar-refractivity contribution in [3.05, 3.63) is 24.1 Å². The Labute approximate surface area is 105 Å². The number of pyridine rings is 1. The van der Waals surface area contributed by atoms with Crippen LogP contribution < -0.4 is 4.90 Å². The van der Waals surface area contributed by atoms with Crippen molar-refractivity contribution in [3.63, 3.8) is 0 Å². The fourth-order valence-corrected chi connectivity index (χ4v) is 1.89. The minimum atomic E-state index is -0.560. The second-order valence-electron chi connectivity index (χ2n) is 4.35. The predicted octanol–water partition coefficient (Wildman–Crippen LogP) is 0.514. The number of hydrogen-bond acceptors (Lipinski definition) is 4. The van der Waals surface area contributed by atoms with E-state index in [1.54, 1.807) is 25.1 Å². The maximum Gasteiger partial charge on any atom is 0.253 e. The maximum absolute atomic E-state index is 13.6. The molecule has 1 saturated heterocycles. The summed E-state index contributed by atoms with van der Waals surface area (Å²) in [7, 11) is 3.35. The van der Waals surface area contributed by atoms with Crippen molar-refractivity contribution >= 4 is 11.7 Å². The number of likely N-dealkylation sites (N-methyl/N-ethyl adjacent to an activating group) is 1. The Hall–Kier alpha value is -1.69. The van der Waals surface area contributed by atoms with Crippen molar-refractivity contribution in [1.29, 1.82) is 0 Å². The number of carbonyl (C=O) groups is 1. The summed E-state index contributed by atoms with van der Waals surface area (Å²) >= 11 is 0.